The third kappa shape index (κ3) is 3.44. The highest BCUT2D eigenvalue weighted by molar-refractivity contribution is 5.99. The first-order chi connectivity index (χ1) is 12.9. The Kier molecular flexibility index (Phi) is 4.43. The molecule has 140 valence electrons. The van der Waals surface area contributed by atoms with Gasteiger partial charge in [-0.05, 0) is 25.1 Å². The fourth-order valence-corrected chi connectivity index (χ4v) is 3.37. The van der Waals surface area contributed by atoms with Crippen LogP contribution < -0.4 is 10.2 Å². The number of fused-ring (bicyclic) bond motifs is 1. The summed E-state index contributed by atoms with van der Waals surface area (Å²) < 4.78 is 38.5. The van der Waals surface area contributed by atoms with E-state index in [1.165, 1.54) is 12.1 Å². The quantitative estimate of drug-likeness (QED) is 0.745. The van der Waals surface area contributed by atoms with Crippen LogP contribution in [0.4, 0.5) is 19.0 Å². The molecule has 5 nitrogen and oxygen atoms in total. The Hall–Kier alpha value is -2.74. The SMILES string of the molecule is C[C@H]1CN(c2nnc(-c3ccc(C(F)(F)F)cc3)c3ccncc23)CCN1. The average molecular weight is 373 g/mol. The number of pyridine rings is 1. The predicted octanol–water partition coefficient (Wildman–Crippen LogP) is 3.51. The Morgan fingerprint density at radius 3 is 2.56 bits per heavy atom. The van der Waals surface area contributed by atoms with Crippen molar-refractivity contribution < 1.29 is 13.2 Å². The van der Waals surface area contributed by atoms with Crippen molar-refractivity contribution in [3.05, 3.63) is 48.3 Å². The minimum atomic E-state index is -4.36. The fraction of sp³-hybridized carbons (Fsp3) is 0.316. The van der Waals surface area contributed by atoms with Crippen LogP contribution in [0, 0.1) is 0 Å². The number of piperazine rings is 1. The van der Waals surface area contributed by atoms with Crippen LogP contribution in [-0.4, -0.2) is 40.9 Å². The third-order valence-electron chi connectivity index (χ3n) is 4.72. The first-order valence-electron chi connectivity index (χ1n) is 8.70. The van der Waals surface area contributed by atoms with Crippen molar-refractivity contribution in [1.29, 1.82) is 0 Å². The third-order valence-corrected chi connectivity index (χ3v) is 4.72. The van der Waals surface area contributed by atoms with Gasteiger partial charge in [-0.15, -0.1) is 10.2 Å². The molecule has 1 saturated heterocycles. The van der Waals surface area contributed by atoms with E-state index in [4.69, 9.17) is 0 Å². The van der Waals surface area contributed by atoms with Gasteiger partial charge in [-0.3, -0.25) is 4.98 Å². The molecule has 0 radical (unpaired) electrons. The summed E-state index contributed by atoms with van der Waals surface area (Å²) in [4.78, 5) is 6.37. The smallest absolute Gasteiger partial charge is 0.352 e. The van der Waals surface area contributed by atoms with Gasteiger partial charge in [0.05, 0.1) is 5.56 Å². The molecule has 3 aromatic rings. The Balaban J connectivity index is 1.78. The summed E-state index contributed by atoms with van der Waals surface area (Å²) in [7, 11) is 0. The van der Waals surface area contributed by atoms with Gasteiger partial charge in [-0.25, -0.2) is 0 Å². The van der Waals surface area contributed by atoms with E-state index >= 15 is 0 Å². The van der Waals surface area contributed by atoms with Crippen LogP contribution in [0.25, 0.3) is 22.0 Å². The molecule has 27 heavy (non-hydrogen) atoms. The summed E-state index contributed by atoms with van der Waals surface area (Å²) in [5, 5.41) is 13.8. The number of hydrogen-bond donors (Lipinski definition) is 1. The van der Waals surface area contributed by atoms with Crippen LogP contribution >= 0.6 is 0 Å². The topological polar surface area (TPSA) is 53.9 Å². The minimum Gasteiger partial charge on any atom is -0.352 e. The summed E-state index contributed by atoms with van der Waals surface area (Å²) in [5.74, 6) is 0.752. The lowest BCUT2D eigenvalue weighted by atomic mass is 10.0. The number of aromatic nitrogens is 3. The molecule has 8 heteroatoms. The average Bonchev–Trinajstić information content (AvgIpc) is 2.66. The van der Waals surface area contributed by atoms with Crippen LogP contribution in [0.3, 0.4) is 0 Å². The lowest BCUT2D eigenvalue weighted by molar-refractivity contribution is -0.137. The number of anilines is 1. The van der Waals surface area contributed by atoms with Crippen molar-refractivity contribution in [1.82, 2.24) is 20.5 Å². The van der Waals surface area contributed by atoms with Gasteiger partial charge in [-0.1, -0.05) is 12.1 Å². The fourth-order valence-electron chi connectivity index (χ4n) is 3.37. The Bertz CT molecular complexity index is 956. The van der Waals surface area contributed by atoms with Crippen LogP contribution in [-0.2, 0) is 6.18 Å². The lowest BCUT2D eigenvalue weighted by Gasteiger charge is -2.33. The van der Waals surface area contributed by atoms with Gasteiger partial charge < -0.3 is 10.2 Å². The Morgan fingerprint density at radius 2 is 1.85 bits per heavy atom. The van der Waals surface area contributed by atoms with Gasteiger partial charge in [0, 0.05) is 54.4 Å². The van der Waals surface area contributed by atoms with Crippen molar-refractivity contribution in [2.24, 2.45) is 0 Å². The summed E-state index contributed by atoms with van der Waals surface area (Å²) in [5.41, 5.74) is 0.455. The number of nitrogens with one attached hydrogen (secondary N) is 1. The molecule has 0 spiro atoms. The molecule has 0 amide bonds. The number of nitrogens with zero attached hydrogens (tertiary/aromatic N) is 4. The van der Waals surface area contributed by atoms with E-state index in [1.807, 2.05) is 6.07 Å². The van der Waals surface area contributed by atoms with Crippen molar-refractivity contribution >= 4 is 16.6 Å². The second-order valence-corrected chi connectivity index (χ2v) is 6.67. The Morgan fingerprint density at radius 1 is 1.07 bits per heavy atom. The van der Waals surface area contributed by atoms with Crippen molar-refractivity contribution in [2.45, 2.75) is 19.1 Å². The number of halogens is 3. The van der Waals surface area contributed by atoms with Gasteiger partial charge in [0.1, 0.15) is 5.69 Å². The predicted molar refractivity (Wildman–Crippen MR) is 97.4 cm³/mol. The van der Waals surface area contributed by atoms with Crippen LogP contribution in [0.5, 0.6) is 0 Å². The summed E-state index contributed by atoms with van der Waals surface area (Å²) in [6.45, 7) is 4.57. The zero-order chi connectivity index (χ0) is 19.0. The molecule has 1 aromatic carbocycles. The van der Waals surface area contributed by atoms with E-state index in [0.29, 0.717) is 17.3 Å². The van der Waals surface area contributed by atoms with Gasteiger partial charge in [0.25, 0.3) is 0 Å². The Labute approximate surface area is 154 Å². The lowest BCUT2D eigenvalue weighted by Crippen LogP contribution is -2.49. The standard InChI is InChI=1S/C19H18F3N5/c1-12-11-27(9-8-24-12)18-16-10-23-7-6-15(16)17(25-26-18)13-2-4-14(5-3-13)19(20,21)22/h2-7,10,12,24H,8-9,11H2,1H3/t12-/m0/s1. The van der Waals surface area contributed by atoms with Crippen LogP contribution in [0.2, 0.25) is 0 Å². The number of benzene rings is 1. The maximum atomic E-state index is 12.8. The zero-order valence-electron chi connectivity index (χ0n) is 14.7. The summed E-state index contributed by atoms with van der Waals surface area (Å²) in [6, 6.07) is 7.15. The van der Waals surface area contributed by atoms with E-state index in [9.17, 15) is 13.2 Å². The molecule has 0 bridgehead atoms. The highest BCUT2D eigenvalue weighted by Crippen LogP contribution is 2.34. The molecular formula is C19H18F3N5. The molecule has 1 aliphatic heterocycles. The molecule has 1 aliphatic rings. The van der Waals surface area contributed by atoms with Crippen LogP contribution in [0.15, 0.2) is 42.7 Å². The number of alkyl halides is 3. The van der Waals surface area contributed by atoms with Gasteiger partial charge >= 0.3 is 6.18 Å². The molecule has 1 atom stereocenters. The molecule has 1 N–H and O–H groups in total. The minimum absolute atomic E-state index is 0.335. The van der Waals surface area contributed by atoms with Crippen molar-refractivity contribution in [2.75, 3.05) is 24.5 Å². The first kappa shape index (κ1) is 17.7. The van der Waals surface area contributed by atoms with E-state index < -0.39 is 11.7 Å². The van der Waals surface area contributed by atoms with Gasteiger partial charge in [0.15, 0.2) is 5.82 Å². The molecule has 0 aliphatic carbocycles. The van der Waals surface area contributed by atoms with Gasteiger partial charge in [-0.2, -0.15) is 13.2 Å². The molecule has 4 rings (SSSR count). The first-order valence-corrected chi connectivity index (χ1v) is 8.70. The second-order valence-electron chi connectivity index (χ2n) is 6.67. The van der Waals surface area contributed by atoms with E-state index in [2.05, 4.69) is 32.3 Å². The highest BCUT2D eigenvalue weighted by atomic mass is 19.4. The molecule has 1 fully saturated rings. The number of rotatable bonds is 2. The van der Waals surface area contributed by atoms with Crippen molar-refractivity contribution in [3.63, 3.8) is 0 Å². The largest absolute Gasteiger partial charge is 0.416 e. The van der Waals surface area contributed by atoms with E-state index in [-0.39, 0.29) is 0 Å². The normalized spacial score (nSPS) is 18.1. The molecule has 3 heterocycles. The van der Waals surface area contributed by atoms with Crippen LogP contribution in [0.1, 0.15) is 12.5 Å². The molecular weight excluding hydrogens is 355 g/mol. The van der Waals surface area contributed by atoms with Gasteiger partial charge in [0.2, 0.25) is 0 Å². The molecule has 0 unspecified atom stereocenters. The monoisotopic (exact) mass is 373 g/mol. The van der Waals surface area contributed by atoms with E-state index in [1.54, 1.807) is 12.4 Å². The molecule has 0 saturated carbocycles. The summed E-state index contributed by atoms with van der Waals surface area (Å²) >= 11 is 0. The molecule has 2 aromatic heterocycles. The van der Waals surface area contributed by atoms with Crippen molar-refractivity contribution in [3.8, 4) is 11.3 Å². The maximum absolute atomic E-state index is 12.8. The summed E-state index contributed by atoms with van der Waals surface area (Å²) in [6.07, 6.45) is -0.972. The highest BCUT2D eigenvalue weighted by Gasteiger charge is 2.30. The zero-order valence-corrected chi connectivity index (χ0v) is 14.7. The number of hydrogen-bond acceptors (Lipinski definition) is 5. The second kappa shape index (κ2) is 6.77. The maximum Gasteiger partial charge on any atom is 0.416 e. The van der Waals surface area contributed by atoms with E-state index in [0.717, 1.165) is 48.4 Å².